The van der Waals surface area contributed by atoms with Gasteiger partial charge in [-0.25, -0.2) is 4.68 Å². The van der Waals surface area contributed by atoms with Crippen LogP contribution < -0.4 is 10.9 Å². The Morgan fingerprint density at radius 1 is 1.71 bits per heavy atom. The first-order valence-electron chi connectivity index (χ1n) is 5.65. The Hall–Kier alpha value is -1.07. The van der Waals surface area contributed by atoms with Crippen molar-refractivity contribution in [3.05, 3.63) is 21.6 Å². The fraction of sp³-hybridized carbons (Fsp3) is 0.636. The molecule has 1 aliphatic heterocycles. The van der Waals surface area contributed by atoms with Crippen LogP contribution in [-0.4, -0.2) is 29.0 Å². The van der Waals surface area contributed by atoms with Crippen molar-refractivity contribution in [3.63, 3.8) is 0 Å². The Balaban J connectivity index is 2.13. The zero-order valence-corrected chi connectivity index (χ0v) is 10.7. The third-order valence-corrected chi connectivity index (χ3v) is 3.50. The SMILES string of the molecule is CC(Nc1cnn(C)c(=O)c1Cl)C1CCOC1. The molecular weight excluding hydrogens is 242 g/mol. The van der Waals surface area contributed by atoms with E-state index in [1.54, 1.807) is 13.2 Å². The molecule has 0 spiro atoms. The molecule has 0 aliphatic carbocycles. The fourth-order valence-electron chi connectivity index (χ4n) is 1.92. The average Bonchev–Trinajstić information content (AvgIpc) is 2.83. The first kappa shape index (κ1) is 12.4. The summed E-state index contributed by atoms with van der Waals surface area (Å²) in [6, 6.07) is 0.212. The van der Waals surface area contributed by atoms with Gasteiger partial charge in [0.2, 0.25) is 0 Å². The van der Waals surface area contributed by atoms with Crippen molar-refractivity contribution < 1.29 is 4.74 Å². The normalized spacial score (nSPS) is 21.5. The Morgan fingerprint density at radius 2 is 2.47 bits per heavy atom. The number of nitrogens with zero attached hydrogens (tertiary/aromatic N) is 2. The first-order chi connectivity index (χ1) is 8.09. The smallest absolute Gasteiger partial charge is 0.287 e. The molecule has 94 valence electrons. The van der Waals surface area contributed by atoms with E-state index in [9.17, 15) is 4.79 Å². The van der Waals surface area contributed by atoms with Crippen LogP contribution in [0.15, 0.2) is 11.0 Å². The molecule has 1 aliphatic rings. The number of ether oxygens (including phenoxy) is 1. The summed E-state index contributed by atoms with van der Waals surface area (Å²) in [5, 5.41) is 7.37. The molecule has 0 amide bonds. The Kier molecular flexibility index (Phi) is 3.69. The number of rotatable bonds is 3. The highest BCUT2D eigenvalue weighted by Crippen LogP contribution is 2.22. The molecule has 0 saturated carbocycles. The third-order valence-electron chi connectivity index (χ3n) is 3.13. The van der Waals surface area contributed by atoms with Gasteiger partial charge in [0.1, 0.15) is 5.02 Å². The quantitative estimate of drug-likeness (QED) is 0.886. The van der Waals surface area contributed by atoms with Gasteiger partial charge in [0.15, 0.2) is 0 Å². The van der Waals surface area contributed by atoms with Crippen LogP contribution in [0, 0.1) is 5.92 Å². The van der Waals surface area contributed by atoms with E-state index in [1.807, 2.05) is 0 Å². The molecule has 2 unspecified atom stereocenters. The van der Waals surface area contributed by atoms with Gasteiger partial charge in [0.05, 0.1) is 18.5 Å². The molecule has 1 N–H and O–H groups in total. The van der Waals surface area contributed by atoms with E-state index in [4.69, 9.17) is 16.3 Å². The largest absolute Gasteiger partial charge is 0.381 e. The van der Waals surface area contributed by atoms with E-state index >= 15 is 0 Å². The average molecular weight is 258 g/mol. The lowest BCUT2D eigenvalue weighted by Crippen LogP contribution is -2.28. The molecule has 0 bridgehead atoms. The summed E-state index contributed by atoms with van der Waals surface area (Å²) in [7, 11) is 1.58. The molecule has 5 nitrogen and oxygen atoms in total. The van der Waals surface area contributed by atoms with Gasteiger partial charge in [-0.2, -0.15) is 5.10 Å². The second-order valence-corrected chi connectivity index (χ2v) is 4.74. The minimum atomic E-state index is -0.286. The van der Waals surface area contributed by atoms with E-state index in [0.29, 0.717) is 11.6 Å². The summed E-state index contributed by atoms with van der Waals surface area (Å²) in [5.74, 6) is 0.454. The van der Waals surface area contributed by atoms with Gasteiger partial charge in [-0.3, -0.25) is 4.79 Å². The highest BCUT2D eigenvalue weighted by atomic mass is 35.5. The van der Waals surface area contributed by atoms with Crippen molar-refractivity contribution in [2.45, 2.75) is 19.4 Å². The van der Waals surface area contributed by atoms with Crippen LogP contribution in [0.1, 0.15) is 13.3 Å². The van der Waals surface area contributed by atoms with Crippen molar-refractivity contribution in [2.24, 2.45) is 13.0 Å². The van der Waals surface area contributed by atoms with Crippen LogP contribution in [0.3, 0.4) is 0 Å². The highest BCUT2D eigenvalue weighted by Gasteiger charge is 2.23. The van der Waals surface area contributed by atoms with Gasteiger partial charge >= 0.3 is 0 Å². The first-order valence-corrected chi connectivity index (χ1v) is 6.03. The lowest BCUT2D eigenvalue weighted by atomic mass is 10.0. The fourth-order valence-corrected chi connectivity index (χ4v) is 2.15. The van der Waals surface area contributed by atoms with Gasteiger partial charge in [-0.1, -0.05) is 11.6 Å². The molecule has 0 aromatic carbocycles. The lowest BCUT2D eigenvalue weighted by molar-refractivity contribution is 0.183. The van der Waals surface area contributed by atoms with Gasteiger partial charge in [-0.15, -0.1) is 0 Å². The Morgan fingerprint density at radius 3 is 3.12 bits per heavy atom. The Bertz CT molecular complexity index is 455. The van der Waals surface area contributed by atoms with E-state index in [1.165, 1.54) is 4.68 Å². The van der Waals surface area contributed by atoms with Crippen LogP contribution >= 0.6 is 11.6 Å². The van der Waals surface area contributed by atoms with Gasteiger partial charge in [-0.05, 0) is 13.3 Å². The molecule has 2 atom stereocenters. The Labute approximate surface area is 105 Å². The summed E-state index contributed by atoms with van der Waals surface area (Å²) in [6.45, 7) is 3.62. The van der Waals surface area contributed by atoms with Crippen molar-refractivity contribution in [2.75, 3.05) is 18.5 Å². The predicted octanol–water partition coefficient (Wildman–Crippen LogP) is 1.27. The lowest BCUT2D eigenvalue weighted by Gasteiger charge is -2.20. The molecule has 17 heavy (non-hydrogen) atoms. The second-order valence-electron chi connectivity index (χ2n) is 4.36. The van der Waals surface area contributed by atoms with E-state index in [2.05, 4.69) is 17.3 Å². The molecule has 1 saturated heterocycles. The van der Waals surface area contributed by atoms with Crippen molar-refractivity contribution in [3.8, 4) is 0 Å². The summed E-state index contributed by atoms with van der Waals surface area (Å²) in [6.07, 6.45) is 2.61. The molecule has 1 fully saturated rings. The molecule has 2 heterocycles. The minimum Gasteiger partial charge on any atom is -0.381 e. The number of hydrogen-bond acceptors (Lipinski definition) is 4. The molecule has 2 rings (SSSR count). The summed E-state index contributed by atoms with van der Waals surface area (Å²) in [4.78, 5) is 11.6. The summed E-state index contributed by atoms with van der Waals surface area (Å²) < 4.78 is 6.55. The van der Waals surface area contributed by atoms with E-state index in [-0.39, 0.29) is 16.6 Å². The van der Waals surface area contributed by atoms with Crippen LogP contribution in [-0.2, 0) is 11.8 Å². The van der Waals surface area contributed by atoms with Crippen LogP contribution in [0.5, 0.6) is 0 Å². The van der Waals surface area contributed by atoms with E-state index < -0.39 is 0 Å². The zero-order valence-electron chi connectivity index (χ0n) is 9.94. The molecule has 0 radical (unpaired) electrons. The second kappa shape index (κ2) is 5.06. The van der Waals surface area contributed by atoms with Crippen molar-refractivity contribution in [1.82, 2.24) is 9.78 Å². The minimum absolute atomic E-state index is 0.188. The molecule has 6 heteroatoms. The number of hydrogen-bond donors (Lipinski definition) is 1. The number of nitrogens with one attached hydrogen (secondary N) is 1. The van der Waals surface area contributed by atoms with Gasteiger partial charge in [0.25, 0.3) is 5.56 Å². The highest BCUT2D eigenvalue weighted by molar-refractivity contribution is 6.32. The maximum absolute atomic E-state index is 11.6. The maximum Gasteiger partial charge on any atom is 0.287 e. The zero-order chi connectivity index (χ0) is 12.4. The van der Waals surface area contributed by atoms with Crippen molar-refractivity contribution in [1.29, 1.82) is 0 Å². The predicted molar refractivity (Wildman–Crippen MR) is 66.5 cm³/mol. The standard InChI is InChI=1S/C11H16ClN3O2/c1-7(8-3-4-17-6-8)14-9-5-13-15(2)11(16)10(9)12/h5,7-8,14H,3-4,6H2,1-2H3. The number of aromatic nitrogens is 2. The summed E-state index contributed by atoms with van der Waals surface area (Å²) in [5.41, 5.74) is 0.306. The van der Waals surface area contributed by atoms with Gasteiger partial charge < -0.3 is 10.1 Å². The molecule has 1 aromatic rings. The van der Waals surface area contributed by atoms with Crippen LogP contribution in [0.2, 0.25) is 5.02 Å². The van der Waals surface area contributed by atoms with Gasteiger partial charge in [0, 0.05) is 25.6 Å². The number of halogens is 1. The molecular formula is C11H16ClN3O2. The topological polar surface area (TPSA) is 56.2 Å². The van der Waals surface area contributed by atoms with Crippen LogP contribution in [0.25, 0.3) is 0 Å². The number of aryl methyl sites for hydroxylation is 1. The van der Waals surface area contributed by atoms with Crippen LogP contribution in [0.4, 0.5) is 5.69 Å². The van der Waals surface area contributed by atoms with E-state index in [0.717, 1.165) is 19.6 Å². The maximum atomic E-state index is 11.6. The summed E-state index contributed by atoms with van der Waals surface area (Å²) >= 11 is 5.98. The monoisotopic (exact) mass is 257 g/mol. The number of anilines is 1. The third kappa shape index (κ3) is 2.61. The molecule has 1 aromatic heterocycles. The van der Waals surface area contributed by atoms with Crippen molar-refractivity contribution >= 4 is 17.3 Å².